The second-order valence-corrected chi connectivity index (χ2v) is 5.25. The summed E-state index contributed by atoms with van der Waals surface area (Å²) in [4.78, 5) is 12.2. The standard InChI is InChI=1S/C14H21NO2/c1-11(2)15(14(3,4)13(16)17)10-12-8-6-5-7-9-12/h5-9,11H,10H2,1-4H3,(H,16,17). The molecular weight excluding hydrogens is 214 g/mol. The lowest BCUT2D eigenvalue weighted by molar-refractivity contribution is -0.973. The lowest BCUT2D eigenvalue weighted by Gasteiger charge is -2.38. The summed E-state index contributed by atoms with van der Waals surface area (Å²) in [5.41, 5.74) is 0.259. The summed E-state index contributed by atoms with van der Waals surface area (Å²) in [6.45, 7) is 8.20. The Balaban J connectivity index is 2.92. The molecule has 0 bridgehead atoms. The second-order valence-electron chi connectivity index (χ2n) is 5.25. The third-order valence-electron chi connectivity index (χ3n) is 3.25. The first-order valence-electron chi connectivity index (χ1n) is 5.97. The Morgan fingerprint density at radius 2 is 1.82 bits per heavy atom. The molecule has 1 N–H and O–H groups in total. The summed E-state index contributed by atoms with van der Waals surface area (Å²) in [6.07, 6.45) is 0. The number of nitrogens with one attached hydrogen (secondary N) is 1. The molecule has 0 aromatic heterocycles. The van der Waals surface area contributed by atoms with Crippen LogP contribution in [0, 0.1) is 0 Å². The maximum atomic E-state index is 11.2. The Morgan fingerprint density at radius 3 is 2.24 bits per heavy atom. The number of carboxylic acid groups (broad SMARTS) is 1. The van der Waals surface area contributed by atoms with Gasteiger partial charge in [-0.25, -0.2) is 0 Å². The maximum Gasteiger partial charge on any atom is 0.132 e. The summed E-state index contributed by atoms with van der Waals surface area (Å²) in [5.74, 6) is -1.00. The van der Waals surface area contributed by atoms with Crippen molar-refractivity contribution in [3.8, 4) is 0 Å². The largest absolute Gasteiger partial charge is 0.544 e. The number of carbonyl (C=O) groups excluding carboxylic acids is 1. The van der Waals surface area contributed by atoms with Crippen LogP contribution < -0.4 is 10.0 Å². The fourth-order valence-electron chi connectivity index (χ4n) is 2.09. The number of hydrogen-bond acceptors (Lipinski definition) is 2. The molecule has 1 atom stereocenters. The Labute approximate surface area is 103 Å². The van der Waals surface area contributed by atoms with Crippen molar-refractivity contribution in [1.82, 2.24) is 0 Å². The number of quaternary nitrogens is 1. The summed E-state index contributed by atoms with van der Waals surface area (Å²) in [6, 6.07) is 10.2. The predicted octanol–water partition coefficient (Wildman–Crippen LogP) is 0.00840. The molecule has 0 saturated carbocycles. The maximum absolute atomic E-state index is 11.2. The van der Waals surface area contributed by atoms with Crippen LogP contribution in [0.1, 0.15) is 33.3 Å². The van der Waals surface area contributed by atoms with E-state index in [-0.39, 0.29) is 6.04 Å². The molecule has 0 amide bonds. The second kappa shape index (κ2) is 5.32. The average molecular weight is 235 g/mol. The van der Waals surface area contributed by atoms with Crippen molar-refractivity contribution in [3.05, 3.63) is 35.9 Å². The Bertz CT molecular complexity index is 371. The molecular formula is C14H21NO2. The molecule has 0 heterocycles. The minimum absolute atomic E-state index is 0.225. The van der Waals surface area contributed by atoms with Gasteiger partial charge in [0.25, 0.3) is 0 Å². The molecule has 0 aliphatic heterocycles. The van der Waals surface area contributed by atoms with E-state index in [1.807, 2.05) is 44.2 Å². The van der Waals surface area contributed by atoms with Crippen molar-refractivity contribution < 1.29 is 14.8 Å². The molecule has 1 aromatic carbocycles. The molecule has 0 aliphatic carbocycles. The van der Waals surface area contributed by atoms with E-state index in [2.05, 4.69) is 0 Å². The molecule has 1 aromatic rings. The van der Waals surface area contributed by atoms with E-state index in [1.54, 1.807) is 13.8 Å². The molecule has 17 heavy (non-hydrogen) atoms. The number of carboxylic acids is 1. The van der Waals surface area contributed by atoms with E-state index in [4.69, 9.17) is 0 Å². The monoisotopic (exact) mass is 235 g/mol. The van der Waals surface area contributed by atoms with Gasteiger partial charge in [0.05, 0.1) is 6.04 Å². The van der Waals surface area contributed by atoms with Gasteiger partial charge in [-0.3, -0.25) is 0 Å². The first-order valence-corrected chi connectivity index (χ1v) is 5.97. The first kappa shape index (κ1) is 13.7. The molecule has 0 fully saturated rings. The number of benzene rings is 1. The Morgan fingerprint density at radius 1 is 1.29 bits per heavy atom. The third-order valence-corrected chi connectivity index (χ3v) is 3.25. The van der Waals surface area contributed by atoms with Gasteiger partial charge >= 0.3 is 0 Å². The molecule has 0 spiro atoms. The molecule has 1 unspecified atom stereocenters. The summed E-state index contributed by atoms with van der Waals surface area (Å²) in [7, 11) is 0. The van der Waals surface area contributed by atoms with Gasteiger partial charge in [0, 0.05) is 5.56 Å². The highest BCUT2D eigenvalue weighted by Gasteiger charge is 2.34. The van der Waals surface area contributed by atoms with E-state index in [0.29, 0.717) is 6.54 Å². The van der Waals surface area contributed by atoms with E-state index in [9.17, 15) is 9.90 Å². The lowest BCUT2D eigenvalue weighted by Crippen LogP contribution is -3.22. The van der Waals surface area contributed by atoms with Crippen LogP contribution in [0.2, 0.25) is 0 Å². The topological polar surface area (TPSA) is 44.6 Å². The number of rotatable bonds is 5. The van der Waals surface area contributed by atoms with E-state index in [1.165, 1.54) is 0 Å². The lowest BCUT2D eigenvalue weighted by atomic mass is 9.99. The number of hydrogen-bond donors (Lipinski definition) is 1. The van der Waals surface area contributed by atoms with Crippen LogP contribution in [0.4, 0.5) is 0 Å². The zero-order valence-electron chi connectivity index (χ0n) is 11.0. The van der Waals surface area contributed by atoms with Crippen molar-refractivity contribution in [2.24, 2.45) is 0 Å². The minimum atomic E-state index is -1.00. The van der Waals surface area contributed by atoms with Crippen molar-refractivity contribution in [3.63, 3.8) is 0 Å². The van der Waals surface area contributed by atoms with Gasteiger partial charge < -0.3 is 14.8 Å². The zero-order chi connectivity index (χ0) is 13.1. The van der Waals surface area contributed by atoms with E-state index in [0.717, 1.165) is 10.5 Å². The van der Waals surface area contributed by atoms with Gasteiger partial charge in [0.2, 0.25) is 0 Å². The molecule has 0 aliphatic rings. The van der Waals surface area contributed by atoms with Crippen LogP contribution in [0.25, 0.3) is 0 Å². The van der Waals surface area contributed by atoms with Gasteiger partial charge in [0.1, 0.15) is 18.1 Å². The van der Waals surface area contributed by atoms with Crippen molar-refractivity contribution >= 4 is 5.97 Å². The van der Waals surface area contributed by atoms with Crippen LogP contribution in [0.15, 0.2) is 30.3 Å². The fraction of sp³-hybridized carbons (Fsp3) is 0.500. The van der Waals surface area contributed by atoms with Crippen LogP contribution in [-0.4, -0.2) is 17.6 Å². The first-order chi connectivity index (χ1) is 7.85. The normalized spacial score (nSPS) is 13.7. The Hall–Kier alpha value is -1.35. The average Bonchev–Trinajstić information content (AvgIpc) is 2.26. The van der Waals surface area contributed by atoms with E-state index >= 15 is 0 Å². The van der Waals surface area contributed by atoms with Crippen molar-refractivity contribution in [2.75, 3.05) is 0 Å². The summed E-state index contributed by atoms with van der Waals surface area (Å²) >= 11 is 0. The highest BCUT2D eigenvalue weighted by atomic mass is 16.4. The zero-order valence-corrected chi connectivity index (χ0v) is 11.0. The van der Waals surface area contributed by atoms with Crippen LogP contribution in [-0.2, 0) is 11.3 Å². The van der Waals surface area contributed by atoms with Gasteiger partial charge in [-0.2, -0.15) is 0 Å². The molecule has 3 heteroatoms. The Kier molecular flexibility index (Phi) is 4.29. The van der Waals surface area contributed by atoms with Gasteiger partial charge in [-0.1, -0.05) is 30.3 Å². The number of carbonyl (C=O) groups is 1. The smallest absolute Gasteiger partial charge is 0.132 e. The van der Waals surface area contributed by atoms with Crippen molar-refractivity contribution in [2.45, 2.75) is 45.8 Å². The summed E-state index contributed by atoms with van der Waals surface area (Å²) < 4.78 is 0. The highest BCUT2D eigenvalue weighted by Crippen LogP contribution is 2.01. The van der Waals surface area contributed by atoms with Gasteiger partial charge in [0.15, 0.2) is 0 Å². The van der Waals surface area contributed by atoms with Crippen molar-refractivity contribution in [1.29, 1.82) is 0 Å². The molecule has 94 valence electrons. The third kappa shape index (κ3) is 3.30. The highest BCUT2D eigenvalue weighted by molar-refractivity contribution is 5.73. The van der Waals surface area contributed by atoms with Crippen LogP contribution in [0.3, 0.4) is 0 Å². The fourth-order valence-corrected chi connectivity index (χ4v) is 2.09. The van der Waals surface area contributed by atoms with Gasteiger partial charge in [-0.05, 0) is 27.7 Å². The van der Waals surface area contributed by atoms with Crippen LogP contribution in [0.5, 0.6) is 0 Å². The van der Waals surface area contributed by atoms with Gasteiger partial charge in [-0.15, -0.1) is 0 Å². The molecule has 0 radical (unpaired) electrons. The van der Waals surface area contributed by atoms with E-state index < -0.39 is 11.5 Å². The quantitative estimate of drug-likeness (QED) is 0.781. The number of aliphatic carboxylic acids is 1. The molecule has 1 rings (SSSR count). The summed E-state index contributed by atoms with van der Waals surface area (Å²) in [5, 5.41) is 11.2. The predicted molar refractivity (Wildman–Crippen MR) is 65.3 cm³/mol. The SMILES string of the molecule is CC(C)[NH+](Cc1ccccc1)C(C)(C)C(=O)[O-]. The molecule has 0 saturated heterocycles. The molecule has 3 nitrogen and oxygen atoms in total. The minimum Gasteiger partial charge on any atom is -0.544 e. The van der Waals surface area contributed by atoms with Crippen LogP contribution >= 0.6 is 0 Å².